The van der Waals surface area contributed by atoms with Crippen LogP contribution in [0.25, 0.3) is 10.9 Å². The first kappa shape index (κ1) is 14.1. The van der Waals surface area contributed by atoms with E-state index < -0.39 is 0 Å². The summed E-state index contributed by atoms with van der Waals surface area (Å²) >= 11 is 6.19. The van der Waals surface area contributed by atoms with Crippen LogP contribution in [0.5, 0.6) is 0 Å². The van der Waals surface area contributed by atoms with Crippen LogP contribution in [0, 0.1) is 13.8 Å². The highest BCUT2D eigenvalue weighted by atomic mass is 35.5. The van der Waals surface area contributed by atoms with Crippen molar-refractivity contribution in [3.8, 4) is 0 Å². The van der Waals surface area contributed by atoms with Gasteiger partial charge in [-0.3, -0.25) is 4.98 Å². The Balaban J connectivity index is 2.02. The van der Waals surface area contributed by atoms with Crippen molar-refractivity contribution in [1.82, 2.24) is 4.98 Å². The maximum Gasteiger partial charge on any atom is 0.0705 e. The standard InChI is InChI=1S/C18H17ClN2/c1-11-3-5-15(10-16(11)19)18(20)14-7-8-17-13(9-14)6-4-12(2)21-17/h3-10,18H,20H2,1-2H3. The number of aromatic nitrogens is 1. The van der Waals surface area contributed by atoms with Crippen LogP contribution in [0.4, 0.5) is 0 Å². The highest BCUT2D eigenvalue weighted by Crippen LogP contribution is 2.26. The predicted molar refractivity (Wildman–Crippen MR) is 88.7 cm³/mol. The molecule has 2 aromatic carbocycles. The lowest BCUT2D eigenvalue weighted by Crippen LogP contribution is -2.11. The van der Waals surface area contributed by atoms with Crippen molar-refractivity contribution < 1.29 is 0 Å². The first-order valence-electron chi connectivity index (χ1n) is 6.93. The monoisotopic (exact) mass is 296 g/mol. The molecule has 106 valence electrons. The summed E-state index contributed by atoms with van der Waals surface area (Å²) in [5.74, 6) is 0. The van der Waals surface area contributed by atoms with Crippen molar-refractivity contribution in [2.45, 2.75) is 19.9 Å². The van der Waals surface area contributed by atoms with Crippen LogP contribution in [0.3, 0.4) is 0 Å². The number of nitrogens with two attached hydrogens (primary N) is 1. The number of hydrogen-bond donors (Lipinski definition) is 1. The van der Waals surface area contributed by atoms with Gasteiger partial charge >= 0.3 is 0 Å². The second kappa shape index (κ2) is 5.47. The van der Waals surface area contributed by atoms with E-state index in [0.29, 0.717) is 0 Å². The Kier molecular flexibility index (Phi) is 3.66. The van der Waals surface area contributed by atoms with Crippen molar-refractivity contribution >= 4 is 22.5 Å². The lowest BCUT2D eigenvalue weighted by atomic mass is 9.97. The van der Waals surface area contributed by atoms with E-state index in [1.165, 1.54) is 0 Å². The van der Waals surface area contributed by atoms with Crippen LogP contribution < -0.4 is 5.73 Å². The van der Waals surface area contributed by atoms with E-state index in [1.54, 1.807) is 0 Å². The summed E-state index contributed by atoms with van der Waals surface area (Å²) in [6, 6.07) is 16.0. The van der Waals surface area contributed by atoms with Gasteiger partial charge in [0.05, 0.1) is 11.6 Å². The van der Waals surface area contributed by atoms with Crippen LogP contribution >= 0.6 is 11.6 Å². The van der Waals surface area contributed by atoms with Gasteiger partial charge in [0.25, 0.3) is 0 Å². The molecule has 0 saturated heterocycles. The van der Waals surface area contributed by atoms with Gasteiger partial charge in [-0.1, -0.05) is 35.9 Å². The zero-order valence-corrected chi connectivity index (χ0v) is 12.9. The highest BCUT2D eigenvalue weighted by Gasteiger charge is 2.11. The van der Waals surface area contributed by atoms with E-state index in [1.807, 2.05) is 50.2 Å². The molecule has 21 heavy (non-hydrogen) atoms. The fourth-order valence-corrected chi connectivity index (χ4v) is 2.62. The predicted octanol–water partition coefficient (Wildman–Crippen LogP) is 4.55. The van der Waals surface area contributed by atoms with Gasteiger partial charge < -0.3 is 5.73 Å². The third-order valence-electron chi connectivity index (χ3n) is 3.77. The number of benzene rings is 2. The normalized spacial score (nSPS) is 12.6. The molecule has 0 aliphatic rings. The molecule has 0 fully saturated rings. The molecule has 0 aliphatic carbocycles. The average Bonchev–Trinajstić information content (AvgIpc) is 2.49. The molecule has 0 saturated carbocycles. The molecule has 1 unspecified atom stereocenters. The van der Waals surface area contributed by atoms with Crippen LogP contribution in [0.2, 0.25) is 5.02 Å². The van der Waals surface area contributed by atoms with Crippen molar-refractivity contribution in [1.29, 1.82) is 0 Å². The number of nitrogens with zero attached hydrogens (tertiary/aromatic N) is 1. The quantitative estimate of drug-likeness (QED) is 0.753. The molecule has 3 heteroatoms. The first-order chi connectivity index (χ1) is 10.0. The van der Waals surface area contributed by atoms with Gasteiger partial charge in [-0.2, -0.15) is 0 Å². The second-order valence-electron chi connectivity index (χ2n) is 5.39. The minimum atomic E-state index is -0.186. The van der Waals surface area contributed by atoms with Gasteiger partial charge in [0.2, 0.25) is 0 Å². The van der Waals surface area contributed by atoms with Gasteiger partial charge in [0.15, 0.2) is 0 Å². The summed E-state index contributed by atoms with van der Waals surface area (Å²) in [6.07, 6.45) is 0. The van der Waals surface area contributed by atoms with Gasteiger partial charge in [0.1, 0.15) is 0 Å². The lowest BCUT2D eigenvalue weighted by molar-refractivity contribution is 0.872. The van der Waals surface area contributed by atoms with E-state index in [-0.39, 0.29) is 6.04 Å². The van der Waals surface area contributed by atoms with E-state index in [0.717, 1.165) is 38.3 Å². The molecular formula is C18H17ClN2. The largest absolute Gasteiger partial charge is 0.320 e. The van der Waals surface area contributed by atoms with Crippen LogP contribution in [-0.4, -0.2) is 4.98 Å². The molecule has 0 aliphatic heterocycles. The molecule has 0 bridgehead atoms. The third kappa shape index (κ3) is 2.78. The van der Waals surface area contributed by atoms with Crippen molar-refractivity contribution in [2.75, 3.05) is 0 Å². The lowest BCUT2D eigenvalue weighted by Gasteiger charge is -2.14. The summed E-state index contributed by atoms with van der Waals surface area (Å²) in [5, 5.41) is 1.85. The van der Waals surface area contributed by atoms with E-state index >= 15 is 0 Å². The van der Waals surface area contributed by atoms with Crippen molar-refractivity contribution in [2.24, 2.45) is 5.73 Å². The molecule has 0 spiro atoms. The van der Waals surface area contributed by atoms with Crippen molar-refractivity contribution in [3.63, 3.8) is 0 Å². The van der Waals surface area contributed by atoms with Crippen LogP contribution in [-0.2, 0) is 0 Å². The Labute approximate surface area is 129 Å². The summed E-state index contributed by atoms with van der Waals surface area (Å²) in [7, 11) is 0. The number of rotatable bonds is 2. The number of hydrogen-bond acceptors (Lipinski definition) is 2. The van der Waals surface area contributed by atoms with Gasteiger partial charge in [0, 0.05) is 16.1 Å². The molecule has 2 nitrogen and oxygen atoms in total. The van der Waals surface area contributed by atoms with E-state index in [2.05, 4.69) is 17.1 Å². The second-order valence-corrected chi connectivity index (χ2v) is 5.80. The van der Waals surface area contributed by atoms with Gasteiger partial charge in [-0.05, 0) is 54.8 Å². The third-order valence-corrected chi connectivity index (χ3v) is 4.17. The fourth-order valence-electron chi connectivity index (χ4n) is 2.43. The molecular weight excluding hydrogens is 280 g/mol. The van der Waals surface area contributed by atoms with Gasteiger partial charge in [-0.15, -0.1) is 0 Å². The Bertz CT molecular complexity index is 811. The number of pyridine rings is 1. The Hall–Kier alpha value is -1.90. The molecule has 3 aromatic rings. The zero-order valence-electron chi connectivity index (χ0n) is 12.1. The number of halogens is 1. The summed E-state index contributed by atoms with van der Waals surface area (Å²) in [5.41, 5.74) is 11.5. The van der Waals surface area contributed by atoms with E-state index in [4.69, 9.17) is 17.3 Å². The maximum absolute atomic E-state index is 6.38. The van der Waals surface area contributed by atoms with Crippen LogP contribution in [0.15, 0.2) is 48.5 Å². The average molecular weight is 297 g/mol. The minimum absolute atomic E-state index is 0.186. The summed E-state index contributed by atoms with van der Waals surface area (Å²) in [4.78, 5) is 4.51. The Morgan fingerprint density at radius 1 is 0.952 bits per heavy atom. The molecule has 1 atom stereocenters. The smallest absolute Gasteiger partial charge is 0.0705 e. The minimum Gasteiger partial charge on any atom is -0.320 e. The topological polar surface area (TPSA) is 38.9 Å². The molecule has 0 radical (unpaired) electrons. The molecule has 0 amide bonds. The summed E-state index contributed by atoms with van der Waals surface area (Å²) < 4.78 is 0. The van der Waals surface area contributed by atoms with Crippen molar-refractivity contribution in [3.05, 3.63) is 75.9 Å². The summed E-state index contributed by atoms with van der Waals surface area (Å²) in [6.45, 7) is 3.98. The number of aryl methyl sites for hydroxylation is 2. The number of fused-ring (bicyclic) bond motifs is 1. The molecule has 3 rings (SSSR count). The van der Waals surface area contributed by atoms with Gasteiger partial charge in [-0.25, -0.2) is 0 Å². The maximum atomic E-state index is 6.38. The molecule has 2 N–H and O–H groups in total. The Morgan fingerprint density at radius 2 is 1.67 bits per heavy atom. The zero-order chi connectivity index (χ0) is 15.0. The van der Waals surface area contributed by atoms with Crippen LogP contribution in [0.1, 0.15) is 28.4 Å². The first-order valence-corrected chi connectivity index (χ1v) is 7.31. The Morgan fingerprint density at radius 3 is 2.43 bits per heavy atom. The van der Waals surface area contributed by atoms with E-state index in [9.17, 15) is 0 Å². The SMILES string of the molecule is Cc1ccc2cc(C(N)c3ccc(C)c(Cl)c3)ccc2n1. The fraction of sp³-hybridized carbons (Fsp3) is 0.167. The highest BCUT2D eigenvalue weighted by molar-refractivity contribution is 6.31. The molecule has 1 heterocycles. The molecule has 1 aromatic heterocycles.